The summed E-state index contributed by atoms with van der Waals surface area (Å²) in [4.78, 5) is 4.16. The third kappa shape index (κ3) is 2.16. The van der Waals surface area contributed by atoms with E-state index in [0.717, 1.165) is 18.9 Å². The minimum absolute atomic E-state index is 0.335. The second kappa shape index (κ2) is 3.75. The molecule has 0 spiro atoms. The summed E-state index contributed by atoms with van der Waals surface area (Å²) in [7, 11) is 0. The second-order valence-corrected chi connectivity index (χ2v) is 4.36. The number of hydrogen-bond acceptors (Lipinski definition) is 3. The smallest absolute Gasteiger partial charge is 0.126 e. The van der Waals surface area contributed by atoms with Crippen LogP contribution in [0, 0.1) is 5.41 Å². The molecule has 3 N–H and O–H groups in total. The third-order valence-corrected chi connectivity index (χ3v) is 2.99. The van der Waals surface area contributed by atoms with Crippen LogP contribution in [0.5, 0.6) is 0 Å². The SMILES string of the molecule is NCC1(CNc2ccc(Cl)cn2)CC1. The van der Waals surface area contributed by atoms with Gasteiger partial charge in [0, 0.05) is 12.7 Å². The predicted octanol–water partition coefficient (Wildman–Crippen LogP) is 1.89. The van der Waals surface area contributed by atoms with Gasteiger partial charge in [0.1, 0.15) is 5.82 Å². The Morgan fingerprint density at radius 3 is 2.79 bits per heavy atom. The highest BCUT2D eigenvalue weighted by molar-refractivity contribution is 6.30. The van der Waals surface area contributed by atoms with Gasteiger partial charge in [-0.05, 0) is 36.9 Å². The van der Waals surface area contributed by atoms with Crippen molar-refractivity contribution in [3.05, 3.63) is 23.4 Å². The molecule has 1 aromatic heterocycles. The summed E-state index contributed by atoms with van der Waals surface area (Å²) in [6, 6.07) is 3.72. The Kier molecular flexibility index (Phi) is 2.61. The van der Waals surface area contributed by atoms with Crippen molar-refractivity contribution < 1.29 is 0 Å². The monoisotopic (exact) mass is 211 g/mol. The standard InChI is InChI=1S/C10H14ClN3/c11-8-1-2-9(13-5-8)14-7-10(6-12)3-4-10/h1-2,5H,3-4,6-7,12H2,(H,13,14). The van der Waals surface area contributed by atoms with Crippen molar-refractivity contribution >= 4 is 17.4 Å². The van der Waals surface area contributed by atoms with Crippen molar-refractivity contribution in [2.45, 2.75) is 12.8 Å². The van der Waals surface area contributed by atoms with Crippen molar-refractivity contribution in [1.29, 1.82) is 0 Å². The first-order chi connectivity index (χ1) is 6.74. The van der Waals surface area contributed by atoms with Crippen molar-refractivity contribution in [1.82, 2.24) is 4.98 Å². The predicted molar refractivity (Wildman–Crippen MR) is 58.5 cm³/mol. The van der Waals surface area contributed by atoms with Gasteiger partial charge in [-0.25, -0.2) is 4.98 Å². The van der Waals surface area contributed by atoms with E-state index < -0.39 is 0 Å². The average Bonchev–Trinajstić information content (AvgIpc) is 2.98. The lowest BCUT2D eigenvalue weighted by molar-refractivity contribution is 0.555. The Morgan fingerprint density at radius 2 is 2.29 bits per heavy atom. The lowest BCUT2D eigenvalue weighted by Gasteiger charge is -2.13. The number of rotatable bonds is 4. The highest BCUT2D eigenvalue weighted by atomic mass is 35.5. The molecular formula is C10H14ClN3. The van der Waals surface area contributed by atoms with E-state index in [1.54, 1.807) is 6.20 Å². The quantitative estimate of drug-likeness (QED) is 0.800. The summed E-state index contributed by atoms with van der Waals surface area (Å²) in [6.07, 6.45) is 4.10. The molecule has 0 aliphatic heterocycles. The summed E-state index contributed by atoms with van der Waals surface area (Å²) in [6.45, 7) is 1.67. The number of halogens is 1. The van der Waals surface area contributed by atoms with Gasteiger partial charge in [0.2, 0.25) is 0 Å². The maximum atomic E-state index is 5.73. The normalized spacial score (nSPS) is 17.9. The molecule has 1 aliphatic rings. The molecule has 0 unspecified atom stereocenters. The largest absolute Gasteiger partial charge is 0.369 e. The van der Waals surface area contributed by atoms with Gasteiger partial charge in [-0.1, -0.05) is 11.6 Å². The van der Waals surface area contributed by atoms with Gasteiger partial charge >= 0.3 is 0 Å². The minimum atomic E-state index is 0.335. The van der Waals surface area contributed by atoms with Crippen LogP contribution in [-0.2, 0) is 0 Å². The first-order valence-electron chi connectivity index (χ1n) is 4.80. The van der Waals surface area contributed by atoms with E-state index in [1.807, 2.05) is 12.1 Å². The minimum Gasteiger partial charge on any atom is -0.369 e. The first-order valence-corrected chi connectivity index (χ1v) is 5.17. The van der Waals surface area contributed by atoms with Crippen LogP contribution in [0.4, 0.5) is 5.82 Å². The van der Waals surface area contributed by atoms with Crippen molar-refractivity contribution in [2.24, 2.45) is 11.1 Å². The Balaban J connectivity index is 1.89. The number of nitrogens with one attached hydrogen (secondary N) is 1. The molecule has 1 aliphatic carbocycles. The van der Waals surface area contributed by atoms with Gasteiger partial charge in [-0.15, -0.1) is 0 Å². The van der Waals surface area contributed by atoms with Crippen LogP contribution in [0.15, 0.2) is 18.3 Å². The van der Waals surface area contributed by atoms with Crippen LogP contribution in [0.2, 0.25) is 5.02 Å². The molecule has 76 valence electrons. The number of aromatic nitrogens is 1. The number of pyridine rings is 1. The fraction of sp³-hybridized carbons (Fsp3) is 0.500. The van der Waals surface area contributed by atoms with E-state index in [2.05, 4.69) is 10.3 Å². The summed E-state index contributed by atoms with van der Waals surface area (Å²) >= 11 is 5.73. The van der Waals surface area contributed by atoms with E-state index >= 15 is 0 Å². The Morgan fingerprint density at radius 1 is 1.50 bits per heavy atom. The van der Waals surface area contributed by atoms with E-state index in [9.17, 15) is 0 Å². The van der Waals surface area contributed by atoms with Gasteiger partial charge < -0.3 is 11.1 Å². The fourth-order valence-electron chi connectivity index (χ4n) is 1.39. The van der Waals surface area contributed by atoms with Crippen LogP contribution in [0.3, 0.4) is 0 Å². The summed E-state index contributed by atoms with van der Waals surface area (Å²) < 4.78 is 0. The molecule has 1 heterocycles. The number of nitrogens with zero attached hydrogens (tertiary/aromatic N) is 1. The molecule has 1 aromatic rings. The second-order valence-electron chi connectivity index (χ2n) is 3.92. The molecule has 0 amide bonds. The highest BCUT2D eigenvalue weighted by Crippen LogP contribution is 2.44. The number of anilines is 1. The zero-order chi connectivity index (χ0) is 10.0. The summed E-state index contributed by atoms with van der Waals surface area (Å²) in [5, 5.41) is 3.94. The molecule has 14 heavy (non-hydrogen) atoms. The van der Waals surface area contributed by atoms with Crippen molar-refractivity contribution in [3.63, 3.8) is 0 Å². The van der Waals surface area contributed by atoms with Crippen LogP contribution in [0.25, 0.3) is 0 Å². The lowest BCUT2D eigenvalue weighted by atomic mass is 10.1. The maximum Gasteiger partial charge on any atom is 0.126 e. The van der Waals surface area contributed by atoms with Gasteiger partial charge in [-0.2, -0.15) is 0 Å². The Labute approximate surface area is 88.7 Å². The van der Waals surface area contributed by atoms with Crippen LogP contribution >= 0.6 is 11.6 Å². The summed E-state index contributed by atoms with van der Waals surface area (Å²) in [5.74, 6) is 0.870. The third-order valence-electron chi connectivity index (χ3n) is 2.76. The maximum absolute atomic E-state index is 5.73. The number of hydrogen-bond donors (Lipinski definition) is 2. The van der Waals surface area contributed by atoms with E-state index in [4.69, 9.17) is 17.3 Å². The van der Waals surface area contributed by atoms with Gasteiger partial charge in [-0.3, -0.25) is 0 Å². The molecule has 4 heteroatoms. The van der Waals surface area contributed by atoms with Gasteiger partial charge in [0.25, 0.3) is 0 Å². The molecule has 3 nitrogen and oxygen atoms in total. The Bertz CT molecular complexity index is 306. The van der Waals surface area contributed by atoms with Crippen LogP contribution in [-0.4, -0.2) is 18.1 Å². The zero-order valence-electron chi connectivity index (χ0n) is 7.96. The molecule has 0 saturated heterocycles. The van der Waals surface area contributed by atoms with Crippen LogP contribution < -0.4 is 11.1 Å². The molecule has 2 rings (SSSR count). The van der Waals surface area contributed by atoms with Crippen LogP contribution in [0.1, 0.15) is 12.8 Å². The van der Waals surface area contributed by atoms with Gasteiger partial charge in [0.05, 0.1) is 5.02 Å². The van der Waals surface area contributed by atoms with Gasteiger partial charge in [0.15, 0.2) is 0 Å². The zero-order valence-corrected chi connectivity index (χ0v) is 8.72. The molecule has 0 aromatic carbocycles. The molecule has 0 radical (unpaired) electrons. The molecule has 0 bridgehead atoms. The number of nitrogens with two attached hydrogens (primary N) is 1. The van der Waals surface area contributed by atoms with E-state index in [0.29, 0.717) is 10.4 Å². The molecule has 0 atom stereocenters. The van der Waals surface area contributed by atoms with E-state index in [1.165, 1.54) is 12.8 Å². The van der Waals surface area contributed by atoms with Crippen molar-refractivity contribution in [2.75, 3.05) is 18.4 Å². The molecular weight excluding hydrogens is 198 g/mol. The fourth-order valence-corrected chi connectivity index (χ4v) is 1.50. The Hall–Kier alpha value is -0.800. The van der Waals surface area contributed by atoms with Crippen molar-refractivity contribution in [3.8, 4) is 0 Å². The topological polar surface area (TPSA) is 50.9 Å². The molecule has 1 fully saturated rings. The van der Waals surface area contributed by atoms with E-state index in [-0.39, 0.29) is 0 Å². The molecule has 1 saturated carbocycles. The lowest BCUT2D eigenvalue weighted by Crippen LogP contribution is -2.24. The highest BCUT2D eigenvalue weighted by Gasteiger charge is 2.40. The summed E-state index contributed by atoms with van der Waals surface area (Å²) in [5.41, 5.74) is 6.01. The average molecular weight is 212 g/mol. The first kappa shape index (κ1) is 9.74.